The van der Waals surface area contributed by atoms with E-state index in [1.54, 1.807) is 0 Å². The van der Waals surface area contributed by atoms with Gasteiger partial charge in [-0.1, -0.05) is 6.07 Å². The molecule has 0 saturated carbocycles. The third-order valence-corrected chi connectivity index (χ3v) is 3.78. The van der Waals surface area contributed by atoms with Gasteiger partial charge in [0.15, 0.2) is 5.78 Å². The van der Waals surface area contributed by atoms with Crippen LogP contribution < -0.4 is 0 Å². The van der Waals surface area contributed by atoms with E-state index < -0.39 is 31.9 Å². The van der Waals surface area contributed by atoms with Gasteiger partial charge in [0, 0.05) is 41.3 Å². The number of benzene rings is 2. The van der Waals surface area contributed by atoms with Crippen LogP contribution in [0.2, 0.25) is 0 Å². The lowest BCUT2D eigenvalue weighted by molar-refractivity contribution is -0.394. The van der Waals surface area contributed by atoms with Gasteiger partial charge in [0.1, 0.15) is 0 Å². The molecule has 0 amide bonds. The van der Waals surface area contributed by atoms with Crippen molar-refractivity contribution in [1.82, 2.24) is 0 Å². The van der Waals surface area contributed by atoms with Crippen LogP contribution in [-0.4, -0.2) is 20.6 Å². The number of hydrogen-bond donors (Lipinski definition) is 0. The molecule has 0 fully saturated rings. The molecule has 10 nitrogen and oxygen atoms in total. The number of fused-ring (bicyclic) bond motifs is 2. The van der Waals surface area contributed by atoms with Crippen molar-refractivity contribution in [2.24, 2.45) is 0 Å². The Morgan fingerprint density at radius 1 is 0.792 bits per heavy atom. The van der Waals surface area contributed by atoms with Crippen molar-refractivity contribution in [2.75, 3.05) is 0 Å². The van der Waals surface area contributed by atoms with Gasteiger partial charge in [0.25, 0.3) is 17.1 Å². The SMILES string of the molecule is O=C1c2cc([N+](=O)[O-])ccc2Cc2c1cc([N+](=O)[O-])cc2[N+](=O)[O-]. The van der Waals surface area contributed by atoms with Gasteiger partial charge < -0.3 is 0 Å². The fourth-order valence-electron chi connectivity index (χ4n) is 2.68. The van der Waals surface area contributed by atoms with Gasteiger partial charge in [-0.2, -0.15) is 0 Å². The monoisotopic (exact) mass is 329 g/mol. The summed E-state index contributed by atoms with van der Waals surface area (Å²) >= 11 is 0. The zero-order valence-electron chi connectivity index (χ0n) is 11.8. The third-order valence-electron chi connectivity index (χ3n) is 3.78. The zero-order valence-corrected chi connectivity index (χ0v) is 11.8. The van der Waals surface area contributed by atoms with Crippen molar-refractivity contribution < 1.29 is 19.6 Å². The van der Waals surface area contributed by atoms with Crippen LogP contribution in [0.15, 0.2) is 30.3 Å². The first-order chi connectivity index (χ1) is 11.3. The molecule has 0 atom stereocenters. The number of nitrogens with zero attached hydrogens (tertiary/aromatic N) is 3. The van der Waals surface area contributed by atoms with Gasteiger partial charge in [-0.15, -0.1) is 0 Å². The fraction of sp³-hybridized carbons (Fsp3) is 0.0714. The van der Waals surface area contributed by atoms with Crippen LogP contribution in [-0.2, 0) is 6.42 Å². The summed E-state index contributed by atoms with van der Waals surface area (Å²) < 4.78 is 0. The molecule has 0 aromatic heterocycles. The van der Waals surface area contributed by atoms with E-state index in [4.69, 9.17) is 0 Å². The molecule has 2 aromatic carbocycles. The van der Waals surface area contributed by atoms with Crippen molar-refractivity contribution in [1.29, 1.82) is 0 Å². The molecule has 0 N–H and O–H groups in total. The van der Waals surface area contributed by atoms with Crippen LogP contribution >= 0.6 is 0 Å². The quantitative estimate of drug-likeness (QED) is 0.529. The largest absolute Gasteiger partial charge is 0.289 e. The van der Waals surface area contributed by atoms with E-state index in [1.807, 2.05) is 0 Å². The second kappa shape index (κ2) is 5.19. The predicted molar refractivity (Wildman–Crippen MR) is 79.1 cm³/mol. The van der Waals surface area contributed by atoms with E-state index in [0.29, 0.717) is 5.56 Å². The molecule has 0 aliphatic heterocycles. The minimum absolute atomic E-state index is 0.0112. The Morgan fingerprint density at radius 3 is 2.00 bits per heavy atom. The van der Waals surface area contributed by atoms with E-state index in [9.17, 15) is 35.1 Å². The summed E-state index contributed by atoms with van der Waals surface area (Å²) in [4.78, 5) is 43.3. The average Bonchev–Trinajstić information content (AvgIpc) is 2.53. The molecule has 0 bridgehead atoms. The molecule has 2 aromatic rings. The van der Waals surface area contributed by atoms with Crippen LogP contribution in [0.5, 0.6) is 0 Å². The molecule has 3 rings (SSSR count). The predicted octanol–water partition coefficient (Wildman–Crippen LogP) is 2.55. The maximum absolute atomic E-state index is 12.6. The zero-order chi connectivity index (χ0) is 17.6. The van der Waals surface area contributed by atoms with Gasteiger partial charge in [-0.25, -0.2) is 0 Å². The Balaban J connectivity index is 2.25. The Labute approximate surface area is 132 Å². The number of hydrogen-bond acceptors (Lipinski definition) is 7. The van der Waals surface area contributed by atoms with Crippen molar-refractivity contribution in [3.63, 3.8) is 0 Å². The van der Waals surface area contributed by atoms with E-state index in [2.05, 4.69) is 0 Å². The first-order valence-electron chi connectivity index (χ1n) is 6.57. The summed E-state index contributed by atoms with van der Waals surface area (Å²) in [6.45, 7) is 0. The fourth-order valence-corrected chi connectivity index (χ4v) is 2.68. The highest BCUT2D eigenvalue weighted by Crippen LogP contribution is 2.37. The molecule has 1 aliphatic carbocycles. The highest BCUT2D eigenvalue weighted by atomic mass is 16.6. The highest BCUT2D eigenvalue weighted by molar-refractivity contribution is 6.13. The van der Waals surface area contributed by atoms with Crippen molar-refractivity contribution in [2.45, 2.75) is 6.42 Å². The second-order valence-electron chi connectivity index (χ2n) is 5.11. The number of nitro groups is 3. The third kappa shape index (κ3) is 2.26. The molecule has 120 valence electrons. The Hall–Kier alpha value is -3.69. The van der Waals surface area contributed by atoms with Gasteiger partial charge in [-0.05, 0) is 5.56 Å². The summed E-state index contributed by atoms with van der Waals surface area (Å²) in [6, 6.07) is 5.41. The molecule has 1 aliphatic rings. The first kappa shape index (κ1) is 15.2. The topological polar surface area (TPSA) is 146 Å². The van der Waals surface area contributed by atoms with Crippen LogP contribution in [0.3, 0.4) is 0 Å². The minimum atomic E-state index is -0.830. The van der Waals surface area contributed by atoms with Gasteiger partial charge in [-0.3, -0.25) is 35.1 Å². The smallest absolute Gasteiger partial charge is 0.280 e. The van der Waals surface area contributed by atoms with Crippen molar-refractivity contribution in [3.05, 3.63) is 82.9 Å². The maximum atomic E-state index is 12.6. The van der Waals surface area contributed by atoms with Crippen LogP contribution in [0, 0.1) is 30.3 Å². The van der Waals surface area contributed by atoms with Gasteiger partial charge >= 0.3 is 0 Å². The molecule has 0 unspecified atom stereocenters. The van der Waals surface area contributed by atoms with Gasteiger partial charge in [0.2, 0.25) is 0 Å². The van der Waals surface area contributed by atoms with Crippen LogP contribution in [0.1, 0.15) is 27.0 Å². The average molecular weight is 329 g/mol. The number of non-ortho nitro benzene ring substituents is 2. The first-order valence-corrected chi connectivity index (χ1v) is 6.57. The summed E-state index contributed by atoms with van der Waals surface area (Å²) in [5.41, 5.74) is -1.09. The molecule has 0 saturated heterocycles. The van der Waals surface area contributed by atoms with Crippen molar-refractivity contribution >= 4 is 22.8 Å². The second-order valence-corrected chi connectivity index (χ2v) is 5.11. The summed E-state index contributed by atoms with van der Waals surface area (Å²) in [5.74, 6) is -0.707. The molecular formula is C14H7N3O7. The number of rotatable bonds is 3. The van der Waals surface area contributed by atoms with Crippen LogP contribution in [0.25, 0.3) is 0 Å². The molecule has 10 heteroatoms. The number of carbonyl (C=O) groups is 1. The molecule has 0 heterocycles. The molecule has 0 spiro atoms. The van der Waals surface area contributed by atoms with E-state index in [1.165, 1.54) is 12.1 Å². The minimum Gasteiger partial charge on any atom is -0.289 e. The van der Waals surface area contributed by atoms with Crippen LogP contribution in [0.4, 0.5) is 17.1 Å². The number of carbonyl (C=O) groups excluding carboxylic acids is 1. The maximum Gasteiger partial charge on any atom is 0.280 e. The lowest BCUT2D eigenvalue weighted by Crippen LogP contribution is -2.17. The molecule has 0 radical (unpaired) electrons. The standard InChI is InChI=1S/C14H7N3O7/c18-14-10-4-8(15(19)20)2-1-7(10)3-11-12(14)5-9(16(21)22)6-13(11)17(23)24/h1-2,4-6H,3H2. The van der Waals surface area contributed by atoms with E-state index in [-0.39, 0.29) is 28.8 Å². The Morgan fingerprint density at radius 2 is 1.42 bits per heavy atom. The highest BCUT2D eigenvalue weighted by Gasteiger charge is 2.33. The van der Waals surface area contributed by atoms with Gasteiger partial charge in [0.05, 0.1) is 20.8 Å². The molecular weight excluding hydrogens is 322 g/mol. The Bertz CT molecular complexity index is 952. The summed E-state index contributed by atoms with van der Waals surface area (Å²) in [5, 5.41) is 33.0. The van der Waals surface area contributed by atoms with E-state index >= 15 is 0 Å². The van der Waals surface area contributed by atoms with Crippen molar-refractivity contribution in [3.8, 4) is 0 Å². The summed E-state index contributed by atoms with van der Waals surface area (Å²) in [6.07, 6.45) is -0.0112. The lowest BCUT2D eigenvalue weighted by Gasteiger charge is -2.17. The van der Waals surface area contributed by atoms with E-state index in [0.717, 1.165) is 18.2 Å². The molecule has 24 heavy (non-hydrogen) atoms. The number of nitro benzene ring substituents is 3. The lowest BCUT2D eigenvalue weighted by atomic mass is 9.83. The summed E-state index contributed by atoms with van der Waals surface area (Å²) in [7, 11) is 0. The number of ketones is 1. The normalized spacial score (nSPS) is 12.2. The Kier molecular flexibility index (Phi) is 3.29.